The van der Waals surface area contributed by atoms with Crippen molar-refractivity contribution < 1.29 is 27.1 Å². The first-order valence-electron chi connectivity index (χ1n) is 11.3. The lowest BCUT2D eigenvalue weighted by Crippen LogP contribution is -2.54. The van der Waals surface area contributed by atoms with Crippen LogP contribution in [-0.2, 0) is 20.3 Å². The topological polar surface area (TPSA) is 146 Å². The molecule has 2 aromatic heterocycles. The number of H-pyrrole nitrogens is 1. The van der Waals surface area contributed by atoms with Crippen LogP contribution in [0.4, 0.5) is 14.9 Å². The minimum Gasteiger partial charge on any atom is -0.444 e. The van der Waals surface area contributed by atoms with E-state index in [0.717, 1.165) is 16.6 Å². The van der Waals surface area contributed by atoms with Gasteiger partial charge in [0.25, 0.3) is 5.91 Å². The van der Waals surface area contributed by atoms with E-state index >= 15 is 0 Å². The van der Waals surface area contributed by atoms with Crippen molar-refractivity contribution >= 4 is 44.6 Å². The van der Waals surface area contributed by atoms with E-state index in [1.54, 1.807) is 52.1 Å². The van der Waals surface area contributed by atoms with E-state index in [2.05, 4.69) is 25.6 Å². The third-order valence-electron chi connectivity index (χ3n) is 5.62. The molecular weight excluding hydrogens is 503 g/mol. The van der Waals surface area contributed by atoms with Crippen LogP contribution in [0.2, 0.25) is 0 Å². The number of pyridine rings is 1. The van der Waals surface area contributed by atoms with Gasteiger partial charge in [-0.2, -0.15) is 0 Å². The number of aliphatic imine (C=N–C) groups is 1. The van der Waals surface area contributed by atoms with Crippen molar-refractivity contribution in [2.75, 3.05) is 18.1 Å². The second-order valence-electron chi connectivity index (χ2n) is 9.84. The fraction of sp³-hybridized carbons (Fsp3) is 0.333. The van der Waals surface area contributed by atoms with Crippen LogP contribution in [-0.4, -0.2) is 59.1 Å². The summed E-state index contributed by atoms with van der Waals surface area (Å²) in [5.41, 5.74) is -0.400. The predicted molar refractivity (Wildman–Crippen MR) is 136 cm³/mol. The van der Waals surface area contributed by atoms with Crippen LogP contribution in [0.25, 0.3) is 10.9 Å². The number of nitrogens with zero attached hydrogens (tertiary/aromatic N) is 3. The number of benzene rings is 1. The Morgan fingerprint density at radius 1 is 1.19 bits per heavy atom. The number of sulfonamides is 1. The van der Waals surface area contributed by atoms with Crippen molar-refractivity contribution in [2.45, 2.75) is 38.8 Å². The summed E-state index contributed by atoms with van der Waals surface area (Å²) in [5.74, 6) is -1.63. The number of guanidine groups is 1. The molecule has 1 atom stereocenters. The average molecular weight is 531 g/mol. The van der Waals surface area contributed by atoms with Gasteiger partial charge in [0, 0.05) is 35.4 Å². The molecule has 1 aliphatic heterocycles. The maximum Gasteiger partial charge on any atom is 0.414 e. The van der Waals surface area contributed by atoms with E-state index in [4.69, 9.17) is 4.74 Å². The van der Waals surface area contributed by atoms with Crippen LogP contribution in [0.5, 0.6) is 0 Å². The molecule has 0 spiro atoms. The third kappa shape index (κ3) is 5.56. The summed E-state index contributed by atoms with van der Waals surface area (Å²) in [4.78, 5) is 36.4. The second kappa shape index (κ2) is 9.14. The highest BCUT2D eigenvalue weighted by atomic mass is 32.2. The first kappa shape index (κ1) is 26.1. The molecule has 3 heterocycles. The molecule has 3 aromatic rings. The minimum absolute atomic E-state index is 0.0339. The SMILES string of the molecule is CN1C(NC(=O)OC(C)(C)C)=N[C@](C)(c2c[nH]c3ccc(NC(=O)c4ccc(F)cn4)cc23)CS1(=O)=O. The zero-order valence-electron chi connectivity index (χ0n) is 20.9. The van der Waals surface area contributed by atoms with Crippen LogP contribution in [0.1, 0.15) is 43.7 Å². The van der Waals surface area contributed by atoms with Crippen molar-refractivity contribution in [1.29, 1.82) is 0 Å². The second-order valence-corrected chi connectivity index (χ2v) is 11.8. The smallest absolute Gasteiger partial charge is 0.414 e. The van der Waals surface area contributed by atoms with Crippen molar-refractivity contribution in [3.8, 4) is 0 Å². The molecule has 11 nitrogen and oxygen atoms in total. The summed E-state index contributed by atoms with van der Waals surface area (Å²) in [7, 11) is -2.56. The van der Waals surface area contributed by atoms with Gasteiger partial charge in [-0.1, -0.05) is 0 Å². The number of ether oxygens (including phenoxy) is 1. The van der Waals surface area contributed by atoms with Gasteiger partial charge in [-0.05, 0) is 58.0 Å². The number of rotatable bonds is 3. The number of halogens is 1. The highest BCUT2D eigenvalue weighted by Gasteiger charge is 2.43. The van der Waals surface area contributed by atoms with Gasteiger partial charge >= 0.3 is 6.09 Å². The lowest BCUT2D eigenvalue weighted by Gasteiger charge is -2.35. The van der Waals surface area contributed by atoms with Crippen LogP contribution >= 0.6 is 0 Å². The highest BCUT2D eigenvalue weighted by molar-refractivity contribution is 7.89. The molecule has 0 fully saturated rings. The number of anilines is 1. The number of carbonyl (C=O) groups is 2. The van der Waals surface area contributed by atoms with E-state index in [1.165, 1.54) is 13.1 Å². The molecular formula is C24H27FN6O5S. The number of aromatic nitrogens is 2. The Balaban J connectivity index is 1.70. The monoisotopic (exact) mass is 530 g/mol. The Labute approximate surface area is 213 Å². The van der Waals surface area contributed by atoms with Crippen LogP contribution in [0, 0.1) is 5.82 Å². The van der Waals surface area contributed by atoms with Crippen molar-refractivity contribution in [3.05, 3.63) is 59.8 Å². The summed E-state index contributed by atoms with van der Waals surface area (Å²) in [5, 5.41) is 5.77. The fourth-order valence-corrected chi connectivity index (χ4v) is 5.38. The Hall–Kier alpha value is -4.00. The van der Waals surface area contributed by atoms with E-state index in [1.807, 2.05) is 0 Å². The summed E-state index contributed by atoms with van der Waals surface area (Å²) < 4.78 is 45.4. The maximum absolute atomic E-state index is 13.1. The fourth-order valence-electron chi connectivity index (χ4n) is 3.91. The van der Waals surface area contributed by atoms with E-state index < -0.39 is 39.0 Å². The number of hydrogen-bond acceptors (Lipinski definition) is 7. The minimum atomic E-state index is -3.86. The number of nitrogens with one attached hydrogen (secondary N) is 3. The number of fused-ring (bicyclic) bond motifs is 1. The lowest BCUT2D eigenvalue weighted by atomic mass is 9.94. The molecule has 0 saturated carbocycles. The standard InChI is InChI=1S/C24H27FN6O5S/c1-23(2,3)36-22(33)29-21-30-24(4,13-37(34,35)31(21)5)17-12-27-18-9-7-15(10-16(17)18)28-20(32)19-8-6-14(25)11-26-19/h6-12,27H,13H2,1-5H3,(H,28,32)(H,29,30,33)/t24-/m0/s1. The van der Waals surface area contributed by atoms with Crippen molar-refractivity contribution in [1.82, 2.24) is 19.6 Å². The largest absolute Gasteiger partial charge is 0.444 e. The van der Waals surface area contributed by atoms with Gasteiger partial charge in [0.15, 0.2) is 0 Å². The summed E-state index contributed by atoms with van der Waals surface area (Å²) >= 11 is 0. The molecule has 0 unspecified atom stereocenters. The molecule has 0 bridgehead atoms. The summed E-state index contributed by atoms with van der Waals surface area (Å²) in [6.45, 7) is 6.71. The number of hydrogen-bond donors (Lipinski definition) is 3. The average Bonchev–Trinajstić information content (AvgIpc) is 3.20. The molecule has 2 amide bonds. The molecule has 13 heteroatoms. The van der Waals surface area contributed by atoms with Crippen LogP contribution < -0.4 is 10.6 Å². The molecule has 4 rings (SSSR count). The van der Waals surface area contributed by atoms with Crippen LogP contribution in [0.15, 0.2) is 47.7 Å². The third-order valence-corrected chi connectivity index (χ3v) is 7.56. The Kier molecular flexibility index (Phi) is 6.44. The van der Waals surface area contributed by atoms with Gasteiger partial charge in [-0.15, -0.1) is 0 Å². The maximum atomic E-state index is 13.1. The molecule has 1 aliphatic rings. The van der Waals surface area contributed by atoms with Gasteiger partial charge in [0.2, 0.25) is 16.0 Å². The van der Waals surface area contributed by atoms with Crippen LogP contribution in [0.3, 0.4) is 0 Å². The first-order chi connectivity index (χ1) is 17.2. The van der Waals surface area contributed by atoms with Gasteiger partial charge < -0.3 is 15.0 Å². The molecule has 37 heavy (non-hydrogen) atoms. The van der Waals surface area contributed by atoms with Gasteiger partial charge in [0.05, 0.1) is 11.9 Å². The van der Waals surface area contributed by atoms with Gasteiger partial charge in [-0.3, -0.25) is 10.1 Å². The molecule has 0 aliphatic carbocycles. The van der Waals surface area contributed by atoms with E-state index in [0.29, 0.717) is 22.2 Å². The van der Waals surface area contributed by atoms with Crippen molar-refractivity contribution in [3.63, 3.8) is 0 Å². The number of carbonyl (C=O) groups excluding carboxylic acids is 2. The Bertz CT molecular complexity index is 1510. The Morgan fingerprint density at radius 2 is 1.92 bits per heavy atom. The molecule has 1 aromatic carbocycles. The first-order valence-corrected chi connectivity index (χ1v) is 12.9. The van der Waals surface area contributed by atoms with E-state index in [9.17, 15) is 22.4 Å². The zero-order chi connectivity index (χ0) is 27.2. The molecule has 3 N–H and O–H groups in total. The van der Waals surface area contributed by atoms with E-state index in [-0.39, 0.29) is 17.4 Å². The zero-order valence-corrected chi connectivity index (χ0v) is 21.7. The summed E-state index contributed by atoms with van der Waals surface area (Å²) in [6, 6.07) is 7.47. The number of aromatic amines is 1. The molecule has 0 radical (unpaired) electrons. The quantitative estimate of drug-likeness (QED) is 0.474. The Morgan fingerprint density at radius 3 is 2.57 bits per heavy atom. The lowest BCUT2D eigenvalue weighted by molar-refractivity contribution is 0.0559. The number of alkyl carbamates (subject to hydrolysis) is 1. The van der Waals surface area contributed by atoms with Crippen molar-refractivity contribution in [2.24, 2.45) is 4.99 Å². The summed E-state index contributed by atoms with van der Waals surface area (Å²) in [6.07, 6.45) is 1.76. The van der Waals surface area contributed by atoms with Gasteiger partial charge in [0.1, 0.15) is 22.7 Å². The molecule has 0 saturated heterocycles. The predicted octanol–water partition coefficient (Wildman–Crippen LogP) is 3.33. The highest BCUT2D eigenvalue weighted by Crippen LogP contribution is 2.37. The van der Waals surface area contributed by atoms with Gasteiger partial charge in [-0.25, -0.2) is 31.9 Å². The normalized spacial score (nSPS) is 19.3. The number of amides is 2. The molecule has 196 valence electrons.